The van der Waals surface area contributed by atoms with Crippen molar-refractivity contribution in [2.45, 2.75) is 26.2 Å². The first-order valence-electron chi connectivity index (χ1n) is 6.07. The second-order valence-corrected chi connectivity index (χ2v) is 4.84. The Balaban J connectivity index is 2.41. The SMILES string of the molecule is Cc1ccc2c(c1)c1c(n2C)/C(=N\N)CCC1. The molecule has 0 amide bonds. The number of aryl methyl sites for hydroxylation is 3. The van der Waals surface area contributed by atoms with Gasteiger partial charge in [0.2, 0.25) is 0 Å². The first-order chi connectivity index (χ1) is 8.22. The Kier molecular flexibility index (Phi) is 2.21. The molecular weight excluding hydrogens is 210 g/mol. The maximum absolute atomic E-state index is 5.51. The molecule has 3 heteroatoms. The van der Waals surface area contributed by atoms with Crippen LogP contribution >= 0.6 is 0 Å². The van der Waals surface area contributed by atoms with E-state index in [1.165, 1.54) is 27.7 Å². The minimum absolute atomic E-state index is 0.993. The molecule has 2 N–H and O–H groups in total. The zero-order chi connectivity index (χ0) is 12.0. The van der Waals surface area contributed by atoms with Gasteiger partial charge in [-0.25, -0.2) is 0 Å². The van der Waals surface area contributed by atoms with Crippen LogP contribution in [0, 0.1) is 6.92 Å². The van der Waals surface area contributed by atoms with Crippen LogP contribution in [-0.4, -0.2) is 10.3 Å². The third-order valence-corrected chi connectivity index (χ3v) is 3.73. The van der Waals surface area contributed by atoms with Gasteiger partial charge in [-0.2, -0.15) is 5.10 Å². The first-order valence-corrected chi connectivity index (χ1v) is 6.07. The summed E-state index contributed by atoms with van der Waals surface area (Å²) >= 11 is 0. The van der Waals surface area contributed by atoms with Gasteiger partial charge in [-0.15, -0.1) is 0 Å². The molecule has 0 aliphatic heterocycles. The van der Waals surface area contributed by atoms with Crippen molar-refractivity contribution in [2.24, 2.45) is 18.0 Å². The first kappa shape index (κ1) is 10.4. The predicted octanol–water partition coefficient (Wildman–Crippen LogP) is 2.49. The number of fused-ring (bicyclic) bond motifs is 3. The third-order valence-electron chi connectivity index (χ3n) is 3.73. The molecule has 2 aromatic rings. The summed E-state index contributed by atoms with van der Waals surface area (Å²) in [6.45, 7) is 2.14. The van der Waals surface area contributed by atoms with Crippen LogP contribution in [0.25, 0.3) is 10.9 Å². The number of rotatable bonds is 0. The summed E-state index contributed by atoms with van der Waals surface area (Å²) in [6.07, 6.45) is 3.28. The summed E-state index contributed by atoms with van der Waals surface area (Å²) in [5, 5.41) is 5.33. The lowest BCUT2D eigenvalue weighted by Gasteiger charge is -2.15. The molecule has 0 bridgehead atoms. The Morgan fingerprint density at radius 2 is 2.12 bits per heavy atom. The fourth-order valence-corrected chi connectivity index (χ4v) is 2.93. The van der Waals surface area contributed by atoms with Crippen molar-refractivity contribution in [1.82, 2.24) is 4.57 Å². The van der Waals surface area contributed by atoms with E-state index in [1.807, 2.05) is 0 Å². The summed E-state index contributed by atoms with van der Waals surface area (Å²) in [6, 6.07) is 6.62. The molecule has 1 aromatic heterocycles. The zero-order valence-corrected chi connectivity index (χ0v) is 10.3. The Morgan fingerprint density at radius 3 is 2.88 bits per heavy atom. The van der Waals surface area contributed by atoms with Crippen molar-refractivity contribution < 1.29 is 0 Å². The Hall–Kier alpha value is -1.77. The molecule has 3 rings (SSSR count). The normalized spacial score (nSPS) is 17.6. The maximum atomic E-state index is 5.51. The number of benzene rings is 1. The monoisotopic (exact) mass is 227 g/mol. The highest BCUT2D eigenvalue weighted by atomic mass is 15.1. The van der Waals surface area contributed by atoms with Crippen molar-refractivity contribution in [3.63, 3.8) is 0 Å². The second kappa shape index (κ2) is 3.62. The van der Waals surface area contributed by atoms with E-state index in [-0.39, 0.29) is 0 Å². The molecule has 1 aliphatic rings. The van der Waals surface area contributed by atoms with E-state index in [0.717, 1.165) is 25.0 Å². The number of aromatic nitrogens is 1. The van der Waals surface area contributed by atoms with Crippen LogP contribution in [0.2, 0.25) is 0 Å². The number of nitrogens with zero attached hydrogens (tertiary/aromatic N) is 2. The summed E-state index contributed by atoms with van der Waals surface area (Å²) in [7, 11) is 2.10. The second-order valence-electron chi connectivity index (χ2n) is 4.84. The zero-order valence-electron chi connectivity index (χ0n) is 10.3. The number of hydrazone groups is 1. The molecule has 1 aromatic carbocycles. The van der Waals surface area contributed by atoms with Crippen LogP contribution in [0.3, 0.4) is 0 Å². The molecule has 88 valence electrons. The minimum atomic E-state index is 0.993. The van der Waals surface area contributed by atoms with Crippen molar-refractivity contribution in [3.05, 3.63) is 35.0 Å². The quantitative estimate of drug-likeness (QED) is 0.545. The standard InChI is InChI=1S/C14H17N3/c1-9-6-7-13-11(8-9)10-4-3-5-12(16-15)14(10)17(13)2/h6-8H,3-5,15H2,1-2H3/b16-12-. The van der Waals surface area contributed by atoms with Crippen LogP contribution < -0.4 is 5.84 Å². The highest BCUT2D eigenvalue weighted by Gasteiger charge is 2.22. The van der Waals surface area contributed by atoms with Crippen molar-refractivity contribution in [3.8, 4) is 0 Å². The average molecular weight is 227 g/mol. The lowest BCUT2D eigenvalue weighted by molar-refractivity contribution is 0.810. The highest BCUT2D eigenvalue weighted by molar-refractivity contribution is 6.06. The molecule has 0 spiro atoms. The number of hydrogen-bond donors (Lipinski definition) is 1. The van der Waals surface area contributed by atoms with Gasteiger partial charge in [-0.1, -0.05) is 11.6 Å². The van der Waals surface area contributed by atoms with E-state index in [9.17, 15) is 0 Å². The summed E-state index contributed by atoms with van der Waals surface area (Å²) in [5.74, 6) is 5.51. The molecular formula is C14H17N3. The highest BCUT2D eigenvalue weighted by Crippen LogP contribution is 2.32. The Bertz CT molecular complexity index is 620. The average Bonchev–Trinajstić information content (AvgIpc) is 2.63. The molecule has 0 unspecified atom stereocenters. The van der Waals surface area contributed by atoms with Crippen molar-refractivity contribution in [2.75, 3.05) is 0 Å². The minimum Gasteiger partial charge on any atom is -0.342 e. The molecule has 1 aliphatic carbocycles. The van der Waals surface area contributed by atoms with Crippen molar-refractivity contribution >= 4 is 16.6 Å². The number of hydrogen-bond acceptors (Lipinski definition) is 2. The van der Waals surface area contributed by atoms with E-state index < -0.39 is 0 Å². The van der Waals surface area contributed by atoms with E-state index in [1.54, 1.807) is 0 Å². The van der Waals surface area contributed by atoms with Gasteiger partial charge < -0.3 is 10.4 Å². The van der Waals surface area contributed by atoms with Gasteiger partial charge in [0.25, 0.3) is 0 Å². The van der Waals surface area contributed by atoms with Crippen LogP contribution in [0.15, 0.2) is 23.3 Å². The summed E-state index contributed by atoms with van der Waals surface area (Å²) in [4.78, 5) is 0. The van der Waals surface area contributed by atoms with Crippen LogP contribution in [-0.2, 0) is 13.5 Å². The number of nitrogens with two attached hydrogens (primary N) is 1. The Labute approximate surface area is 101 Å². The Morgan fingerprint density at radius 1 is 1.29 bits per heavy atom. The topological polar surface area (TPSA) is 43.3 Å². The largest absolute Gasteiger partial charge is 0.342 e. The van der Waals surface area contributed by atoms with Gasteiger partial charge in [0.05, 0.1) is 11.4 Å². The van der Waals surface area contributed by atoms with E-state index >= 15 is 0 Å². The molecule has 3 nitrogen and oxygen atoms in total. The van der Waals surface area contributed by atoms with Gasteiger partial charge in [0.15, 0.2) is 0 Å². The third kappa shape index (κ3) is 1.38. The lowest BCUT2D eigenvalue weighted by atomic mass is 9.93. The van der Waals surface area contributed by atoms with E-state index in [2.05, 4.69) is 41.8 Å². The maximum Gasteiger partial charge on any atom is 0.0839 e. The van der Waals surface area contributed by atoms with Gasteiger partial charge in [-0.3, -0.25) is 0 Å². The molecule has 17 heavy (non-hydrogen) atoms. The van der Waals surface area contributed by atoms with Crippen LogP contribution in [0.5, 0.6) is 0 Å². The fraction of sp³-hybridized carbons (Fsp3) is 0.357. The summed E-state index contributed by atoms with van der Waals surface area (Å²) in [5.41, 5.74) is 6.29. The predicted molar refractivity (Wildman–Crippen MR) is 71.3 cm³/mol. The molecule has 0 atom stereocenters. The molecule has 0 saturated carbocycles. The van der Waals surface area contributed by atoms with Gasteiger partial charge in [0, 0.05) is 18.0 Å². The molecule has 0 saturated heterocycles. The smallest absolute Gasteiger partial charge is 0.0839 e. The van der Waals surface area contributed by atoms with Crippen LogP contribution in [0.1, 0.15) is 29.7 Å². The van der Waals surface area contributed by atoms with E-state index in [0.29, 0.717) is 0 Å². The summed E-state index contributed by atoms with van der Waals surface area (Å²) < 4.78 is 2.23. The molecule has 0 radical (unpaired) electrons. The van der Waals surface area contributed by atoms with Crippen molar-refractivity contribution in [1.29, 1.82) is 0 Å². The molecule has 1 heterocycles. The van der Waals surface area contributed by atoms with Gasteiger partial charge in [0.1, 0.15) is 0 Å². The van der Waals surface area contributed by atoms with Crippen LogP contribution in [0.4, 0.5) is 0 Å². The fourth-order valence-electron chi connectivity index (χ4n) is 2.93. The van der Waals surface area contributed by atoms with Gasteiger partial charge >= 0.3 is 0 Å². The lowest BCUT2D eigenvalue weighted by Crippen LogP contribution is -2.16. The van der Waals surface area contributed by atoms with E-state index in [4.69, 9.17) is 5.84 Å². The van der Waals surface area contributed by atoms with Gasteiger partial charge in [-0.05, 0) is 43.9 Å². The molecule has 0 fully saturated rings.